The fraction of sp³-hybridized carbons (Fsp3) is 0.478. The number of amides is 1. The molecule has 1 aliphatic heterocycles. The van der Waals surface area contributed by atoms with Gasteiger partial charge in [0.2, 0.25) is 5.89 Å². The third kappa shape index (κ3) is 4.60. The van der Waals surface area contributed by atoms with Crippen molar-refractivity contribution in [2.24, 2.45) is 13.0 Å². The van der Waals surface area contributed by atoms with Gasteiger partial charge in [-0.3, -0.25) is 9.48 Å². The number of carbonyl (C=O) groups excluding carboxylic acids is 1. The molecule has 4 aromatic heterocycles. The van der Waals surface area contributed by atoms with Gasteiger partial charge >= 0.3 is 0 Å². The third-order valence-electron chi connectivity index (χ3n) is 6.14. The summed E-state index contributed by atoms with van der Waals surface area (Å²) in [5, 5.41) is 15.1. The predicted octanol–water partition coefficient (Wildman–Crippen LogP) is 2.40. The highest BCUT2D eigenvalue weighted by molar-refractivity contribution is 5.90. The molecule has 2 unspecified atom stereocenters. The Hall–Kier alpha value is -3.83. The van der Waals surface area contributed by atoms with Crippen LogP contribution >= 0.6 is 0 Å². The maximum absolute atomic E-state index is 15.2. The minimum Gasteiger partial charge on any atom is -0.352 e. The van der Waals surface area contributed by atoms with E-state index in [2.05, 4.69) is 25.7 Å². The van der Waals surface area contributed by atoms with Crippen molar-refractivity contribution < 1.29 is 13.7 Å². The van der Waals surface area contributed by atoms with E-state index in [4.69, 9.17) is 9.51 Å². The van der Waals surface area contributed by atoms with Gasteiger partial charge in [-0.05, 0) is 12.5 Å². The Morgan fingerprint density at radius 1 is 1.26 bits per heavy atom. The maximum atomic E-state index is 15.2. The predicted molar refractivity (Wildman–Crippen MR) is 126 cm³/mol. The lowest BCUT2D eigenvalue weighted by Crippen LogP contribution is -2.46. The van der Waals surface area contributed by atoms with E-state index < -0.39 is 12.1 Å². The summed E-state index contributed by atoms with van der Waals surface area (Å²) in [5.74, 6) is 0.224. The number of alkyl halides is 1. The summed E-state index contributed by atoms with van der Waals surface area (Å²) >= 11 is 0. The molecule has 35 heavy (non-hydrogen) atoms. The highest BCUT2D eigenvalue weighted by Gasteiger charge is 2.32. The summed E-state index contributed by atoms with van der Waals surface area (Å²) in [4.78, 5) is 23.4. The smallest absolute Gasteiger partial charge is 0.292 e. The molecule has 4 aromatic rings. The van der Waals surface area contributed by atoms with Crippen molar-refractivity contribution in [3.63, 3.8) is 0 Å². The molecule has 5 heterocycles. The Labute approximate surface area is 201 Å². The lowest BCUT2D eigenvalue weighted by molar-refractivity contribution is 0.0918. The largest absolute Gasteiger partial charge is 0.352 e. The van der Waals surface area contributed by atoms with E-state index in [1.165, 1.54) is 0 Å². The number of nitrogens with one attached hydrogen (secondary N) is 1. The topological polar surface area (TPSA) is 119 Å². The molecule has 1 saturated heterocycles. The van der Waals surface area contributed by atoms with Crippen LogP contribution in [0.15, 0.2) is 35.4 Å². The molecule has 1 aliphatic rings. The minimum absolute atomic E-state index is 0.0395. The summed E-state index contributed by atoms with van der Waals surface area (Å²) in [5.41, 5.74) is 2.02. The number of hydrogen-bond acceptors (Lipinski definition) is 8. The second-order valence-electron chi connectivity index (χ2n) is 9.91. The number of piperidine rings is 1. The van der Waals surface area contributed by atoms with Crippen LogP contribution < -0.4 is 10.2 Å². The van der Waals surface area contributed by atoms with E-state index in [1.54, 1.807) is 21.6 Å². The van der Waals surface area contributed by atoms with Crippen LogP contribution in [0.2, 0.25) is 0 Å². The number of aryl methyl sites for hydroxylation is 1. The van der Waals surface area contributed by atoms with Gasteiger partial charge in [-0.15, -0.1) is 0 Å². The Morgan fingerprint density at radius 3 is 2.77 bits per heavy atom. The van der Waals surface area contributed by atoms with Crippen LogP contribution in [0.3, 0.4) is 0 Å². The van der Waals surface area contributed by atoms with Crippen molar-refractivity contribution in [1.82, 2.24) is 39.8 Å². The zero-order valence-corrected chi connectivity index (χ0v) is 20.1. The molecule has 0 aromatic carbocycles. The molecule has 12 heteroatoms. The van der Waals surface area contributed by atoms with E-state index in [-0.39, 0.29) is 30.2 Å². The van der Waals surface area contributed by atoms with Gasteiger partial charge in [-0.25, -0.2) is 13.9 Å². The van der Waals surface area contributed by atoms with Crippen molar-refractivity contribution in [1.29, 1.82) is 0 Å². The SMILES string of the molecule is Cn1cc(-c2cn3nccc3c(N3CCC(CNC(=O)c4noc(C(C)(C)C)n4)C(F)C3)n2)cn1. The van der Waals surface area contributed by atoms with Crippen LogP contribution in [-0.2, 0) is 12.5 Å². The standard InChI is InChI=1S/C23H28FN9O2/c1-23(2,3)22-29-19(30-35-22)21(34)25-9-14-6-8-32(12-16(14)24)20-18-5-7-26-33(18)13-17(28-20)15-10-27-31(4)11-15/h5,7,10-11,13-14,16H,6,8-9,12H2,1-4H3,(H,25,34). The monoisotopic (exact) mass is 481 g/mol. The fourth-order valence-electron chi connectivity index (χ4n) is 4.13. The second kappa shape index (κ2) is 8.75. The zero-order valence-electron chi connectivity index (χ0n) is 20.1. The van der Waals surface area contributed by atoms with Gasteiger partial charge in [0.15, 0.2) is 5.82 Å². The van der Waals surface area contributed by atoms with Crippen molar-refractivity contribution in [2.45, 2.75) is 38.8 Å². The van der Waals surface area contributed by atoms with Gasteiger partial charge in [0.25, 0.3) is 11.7 Å². The van der Waals surface area contributed by atoms with Gasteiger partial charge in [0.1, 0.15) is 11.7 Å². The van der Waals surface area contributed by atoms with Gasteiger partial charge < -0.3 is 14.7 Å². The molecule has 0 bridgehead atoms. The van der Waals surface area contributed by atoms with Gasteiger partial charge in [-0.1, -0.05) is 25.9 Å². The van der Waals surface area contributed by atoms with Crippen molar-refractivity contribution in [2.75, 3.05) is 24.5 Å². The summed E-state index contributed by atoms with van der Waals surface area (Å²) in [7, 11) is 1.84. The van der Waals surface area contributed by atoms with Gasteiger partial charge in [0.05, 0.1) is 30.8 Å². The first-order valence-corrected chi connectivity index (χ1v) is 11.5. The molecule has 1 N–H and O–H groups in total. The van der Waals surface area contributed by atoms with E-state index >= 15 is 4.39 Å². The van der Waals surface area contributed by atoms with E-state index in [0.29, 0.717) is 30.4 Å². The molecule has 5 rings (SSSR count). The lowest BCUT2D eigenvalue weighted by Gasteiger charge is -2.35. The molecule has 0 saturated carbocycles. The van der Waals surface area contributed by atoms with Crippen molar-refractivity contribution in [3.8, 4) is 11.3 Å². The van der Waals surface area contributed by atoms with Crippen LogP contribution in [0.1, 0.15) is 43.7 Å². The molecule has 11 nitrogen and oxygen atoms in total. The number of hydrogen-bond donors (Lipinski definition) is 1. The van der Waals surface area contributed by atoms with Crippen molar-refractivity contribution in [3.05, 3.63) is 42.6 Å². The highest BCUT2D eigenvalue weighted by Crippen LogP contribution is 2.29. The summed E-state index contributed by atoms with van der Waals surface area (Å²) in [6.07, 6.45) is 6.57. The van der Waals surface area contributed by atoms with E-state index in [1.807, 2.05) is 51.2 Å². The number of carbonyl (C=O) groups is 1. The molecule has 0 aliphatic carbocycles. The molecule has 2 atom stereocenters. The van der Waals surface area contributed by atoms with Crippen LogP contribution in [0.5, 0.6) is 0 Å². The number of halogens is 1. The maximum Gasteiger partial charge on any atom is 0.292 e. The van der Waals surface area contributed by atoms with Crippen LogP contribution in [0.25, 0.3) is 16.8 Å². The fourth-order valence-corrected chi connectivity index (χ4v) is 4.13. The highest BCUT2D eigenvalue weighted by atomic mass is 19.1. The zero-order chi connectivity index (χ0) is 24.7. The quantitative estimate of drug-likeness (QED) is 0.462. The number of nitrogens with zero attached hydrogens (tertiary/aromatic N) is 8. The normalized spacial score (nSPS) is 18.8. The average molecular weight is 482 g/mol. The Kier molecular flexibility index (Phi) is 5.73. The molecular weight excluding hydrogens is 453 g/mol. The molecule has 0 radical (unpaired) electrons. The molecule has 184 valence electrons. The number of fused-ring (bicyclic) bond motifs is 1. The van der Waals surface area contributed by atoms with Crippen molar-refractivity contribution >= 4 is 17.2 Å². The number of rotatable bonds is 5. The first-order chi connectivity index (χ1) is 16.7. The molecule has 1 amide bonds. The summed E-state index contributed by atoms with van der Waals surface area (Å²) < 4.78 is 23.9. The minimum atomic E-state index is -1.15. The van der Waals surface area contributed by atoms with Gasteiger partial charge in [-0.2, -0.15) is 15.2 Å². The third-order valence-corrected chi connectivity index (χ3v) is 6.14. The van der Waals surface area contributed by atoms with Crippen LogP contribution in [0, 0.1) is 5.92 Å². The first-order valence-electron chi connectivity index (χ1n) is 11.5. The Balaban J connectivity index is 1.27. The average Bonchev–Trinajstić information content (AvgIpc) is 3.57. The molecular formula is C23H28FN9O2. The van der Waals surface area contributed by atoms with Gasteiger partial charge in [0, 0.05) is 43.2 Å². The Bertz CT molecular complexity index is 1350. The number of aromatic nitrogens is 7. The Morgan fingerprint density at radius 2 is 2.09 bits per heavy atom. The number of anilines is 1. The first kappa shape index (κ1) is 22.9. The molecule has 0 spiro atoms. The molecule has 1 fully saturated rings. The van der Waals surface area contributed by atoms with Crippen LogP contribution in [0.4, 0.5) is 10.2 Å². The second-order valence-corrected chi connectivity index (χ2v) is 9.91. The lowest BCUT2D eigenvalue weighted by atomic mass is 9.94. The van der Waals surface area contributed by atoms with Crippen LogP contribution in [-0.4, -0.2) is 66.2 Å². The summed E-state index contributed by atoms with van der Waals surface area (Å²) in [6.45, 7) is 6.72. The van der Waals surface area contributed by atoms with E-state index in [0.717, 1.165) is 11.1 Å². The van der Waals surface area contributed by atoms with E-state index in [9.17, 15) is 4.79 Å². The summed E-state index contributed by atoms with van der Waals surface area (Å²) in [6, 6.07) is 1.87.